The molecule has 1 aromatic heterocycles. The molecule has 3 heterocycles. The van der Waals surface area contributed by atoms with Crippen LogP contribution < -0.4 is 4.90 Å². The lowest BCUT2D eigenvalue weighted by Gasteiger charge is -2.24. The molecule has 0 bridgehead atoms. The summed E-state index contributed by atoms with van der Waals surface area (Å²) in [6.45, 7) is 3.54. The van der Waals surface area contributed by atoms with Crippen molar-refractivity contribution in [3.05, 3.63) is 23.9 Å². The summed E-state index contributed by atoms with van der Waals surface area (Å²) in [5.74, 6) is 0.471. The van der Waals surface area contributed by atoms with Crippen molar-refractivity contribution in [2.75, 3.05) is 44.8 Å². The van der Waals surface area contributed by atoms with Gasteiger partial charge in [-0.05, 0) is 31.4 Å². The molecule has 2 saturated heterocycles. The minimum atomic E-state index is -0.372. The molecular weight excluding hydrogens is 310 g/mol. The molecule has 0 aliphatic carbocycles. The smallest absolute Gasteiger partial charge is 0.338 e. The molecular formula is C17H23N3O4. The van der Waals surface area contributed by atoms with Gasteiger partial charge in [-0.3, -0.25) is 4.79 Å². The average Bonchev–Trinajstić information content (AvgIpc) is 3.05. The topological polar surface area (TPSA) is 72.0 Å². The van der Waals surface area contributed by atoms with Gasteiger partial charge in [-0.1, -0.05) is 0 Å². The summed E-state index contributed by atoms with van der Waals surface area (Å²) in [5, 5.41) is 0. The van der Waals surface area contributed by atoms with Gasteiger partial charge in [-0.2, -0.15) is 0 Å². The largest absolute Gasteiger partial charge is 0.465 e. The standard InChI is InChI=1S/C17H23N3O4/c1-23-17(22)13-5-6-18-15(12-13)19-7-3-8-20(10-9-19)16(21)14-4-2-11-24-14/h5-6,12,14H,2-4,7-11H2,1H3. The van der Waals surface area contributed by atoms with Gasteiger partial charge in [0.2, 0.25) is 0 Å². The second kappa shape index (κ2) is 7.61. The normalized spacial score (nSPS) is 21.5. The van der Waals surface area contributed by atoms with E-state index in [9.17, 15) is 9.59 Å². The number of ether oxygens (including phenoxy) is 2. The number of pyridine rings is 1. The van der Waals surface area contributed by atoms with Crippen molar-refractivity contribution in [1.29, 1.82) is 0 Å². The highest BCUT2D eigenvalue weighted by atomic mass is 16.5. The van der Waals surface area contributed by atoms with Gasteiger partial charge in [-0.15, -0.1) is 0 Å². The van der Waals surface area contributed by atoms with E-state index in [1.54, 1.807) is 18.3 Å². The number of amides is 1. The van der Waals surface area contributed by atoms with Gasteiger partial charge < -0.3 is 19.3 Å². The molecule has 7 heteroatoms. The van der Waals surface area contributed by atoms with Crippen molar-refractivity contribution in [3.63, 3.8) is 0 Å². The SMILES string of the molecule is COC(=O)c1ccnc(N2CCCN(C(=O)C3CCCO3)CC2)c1. The van der Waals surface area contributed by atoms with Crippen LogP contribution in [0.2, 0.25) is 0 Å². The Balaban J connectivity index is 1.65. The van der Waals surface area contributed by atoms with Crippen LogP contribution in [0.1, 0.15) is 29.6 Å². The predicted molar refractivity (Wildman–Crippen MR) is 88.0 cm³/mol. The highest BCUT2D eigenvalue weighted by Gasteiger charge is 2.29. The van der Waals surface area contributed by atoms with Crippen molar-refractivity contribution in [1.82, 2.24) is 9.88 Å². The molecule has 1 amide bonds. The number of aromatic nitrogens is 1. The third-order valence-electron chi connectivity index (χ3n) is 4.50. The lowest BCUT2D eigenvalue weighted by Crippen LogP contribution is -2.41. The number of methoxy groups -OCH3 is 1. The zero-order chi connectivity index (χ0) is 16.9. The van der Waals surface area contributed by atoms with Crippen LogP contribution >= 0.6 is 0 Å². The molecule has 1 unspecified atom stereocenters. The third kappa shape index (κ3) is 3.67. The van der Waals surface area contributed by atoms with Crippen molar-refractivity contribution in [3.8, 4) is 0 Å². The van der Waals surface area contributed by atoms with E-state index >= 15 is 0 Å². The summed E-state index contributed by atoms with van der Waals surface area (Å²) < 4.78 is 10.3. The molecule has 7 nitrogen and oxygen atoms in total. The van der Waals surface area contributed by atoms with Crippen molar-refractivity contribution in [2.24, 2.45) is 0 Å². The van der Waals surface area contributed by atoms with Crippen LogP contribution in [0, 0.1) is 0 Å². The van der Waals surface area contributed by atoms with E-state index < -0.39 is 0 Å². The molecule has 0 N–H and O–H groups in total. The van der Waals surface area contributed by atoms with E-state index in [4.69, 9.17) is 9.47 Å². The van der Waals surface area contributed by atoms with Gasteiger partial charge in [-0.25, -0.2) is 9.78 Å². The predicted octanol–water partition coefficient (Wildman–Crippen LogP) is 1.09. The summed E-state index contributed by atoms with van der Waals surface area (Å²) in [6, 6.07) is 3.38. The average molecular weight is 333 g/mol. The number of esters is 1. The Morgan fingerprint density at radius 3 is 2.88 bits per heavy atom. The van der Waals surface area contributed by atoms with Crippen LogP contribution in [-0.4, -0.2) is 67.8 Å². The number of carbonyl (C=O) groups is 2. The Morgan fingerprint density at radius 2 is 2.12 bits per heavy atom. The molecule has 2 fully saturated rings. The van der Waals surface area contributed by atoms with Crippen molar-refractivity contribution < 1.29 is 19.1 Å². The molecule has 1 aromatic rings. The monoisotopic (exact) mass is 333 g/mol. The summed E-state index contributed by atoms with van der Waals surface area (Å²) in [6.07, 6.45) is 3.99. The minimum absolute atomic E-state index is 0.102. The van der Waals surface area contributed by atoms with Gasteiger partial charge in [0.1, 0.15) is 11.9 Å². The van der Waals surface area contributed by atoms with E-state index in [0.717, 1.165) is 38.2 Å². The fourth-order valence-corrected chi connectivity index (χ4v) is 3.18. The molecule has 2 aliphatic rings. The number of rotatable bonds is 3. The number of hydrogen-bond acceptors (Lipinski definition) is 6. The lowest BCUT2D eigenvalue weighted by molar-refractivity contribution is -0.140. The van der Waals surface area contributed by atoms with Gasteiger partial charge in [0.05, 0.1) is 12.7 Å². The molecule has 3 rings (SSSR count). The maximum Gasteiger partial charge on any atom is 0.338 e. The summed E-state index contributed by atoms with van der Waals surface area (Å²) >= 11 is 0. The second-order valence-corrected chi connectivity index (χ2v) is 6.06. The van der Waals surface area contributed by atoms with Gasteiger partial charge in [0.25, 0.3) is 5.91 Å². The number of hydrogen-bond donors (Lipinski definition) is 0. The van der Waals surface area contributed by atoms with Crippen LogP contribution in [-0.2, 0) is 14.3 Å². The highest BCUT2D eigenvalue weighted by Crippen LogP contribution is 2.19. The molecule has 130 valence electrons. The Hall–Kier alpha value is -2.15. The first-order valence-corrected chi connectivity index (χ1v) is 8.39. The summed E-state index contributed by atoms with van der Waals surface area (Å²) in [7, 11) is 1.36. The quantitative estimate of drug-likeness (QED) is 0.771. The van der Waals surface area contributed by atoms with E-state index in [2.05, 4.69) is 9.88 Å². The Labute approximate surface area is 141 Å². The first kappa shape index (κ1) is 16.7. The number of nitrogens with zero attached hydrogens (tertiary/aromatic N) is 3. The van der Waals surface area contributed by atoms with E-state index in [-0.39, 0.29) is 18.0 Å². The zero-order valence-electron chi connectivity index (χ0n) is 13.9. The number of carbonyl (C=O) groups excluding carboxylic acids is 2. The molecule has 1 atom stereocenters. The molecule has 0 radical (unpaired) electrons. The fraction of sp³-hybridized carbons (Fsp3) is 0.588. The van der Waals surface area contributed by atoms with Gasteiger partial charge >= 0.3 is 5.97 Å². The molecule has 2 aliphatic heterocycles. The van der Waals surface area contributed by atoms with Crippen molar-refractivity contribution >= 4 is 17.7 Å². The molecule has 0 spiro atoms. The van der Waals surface area contributed by atoms with Gasteiger partial charge in [0.15, 0.2) is 0 Å². The first-order valence-electron chi connectivity index (χ1n) is 8.39. The Morgan fingerprint density at radius 1 is 1.25 bits per heavy atom. The fourth-order valence-electron chi connectivity index (χ4n) is 3.18. The van der Waals surface area contributed by atoms with Gasteiger partial charge in [0, 0.05) is 39.0 Å². The maximum atomic E-state index is 12.5. The van der Waals surface area contributed by atoms with Crippen LogP contribution in [0.3, 0.4) is 0 Å². The maximum absolute atomic E-state index is 12.5. The van der Waals surface area contributed by atoms with E-state index in [1.807, 2.05) is 4.90 Å². The second-order valence-electron chi connectivity index (χ2n) is 6.06. The van der Waals surface area contributed by atoms with Crippen LogP contribution in [0.15, 0.2) is 18.3 Å². The van der Waals surface area contributed by atoms with Crippen LogP contribution in [0.5, 0.6) is 0 Å². The molecule has 0 saturated carbocycles. The zero-order valence-corrected chi connectivity index (χ0v) is 13.9. The van der Waals surface area contributed by atoms with Crippen molar-refractivity contribution in [2.45, 2.75) is 25.4 Å². The third-order valence-corrected chi connectivity index (χ3v) is 4.50. The highest BCUT2D eigenvalue weighted by molar-refractivity contribution is 5.90. The first-order chi connectivity index (χ1) is 11.7. The van der Waals surface area contributed by atoms with Crippen LogP contribution in [0.4, 0.5) is 5.82 Å². The molecule has 0 aromatic carbocycles. The summed E-state index contributed by atoms with van der Waals surface area (Å²) in [4.78, 5) is 32.5. The Bertz CT molecular complexity index is 601. The van der Waals surface area contributed by atoms with Crippen LogP contribution in [0.25, 0.3) is 0 Å². The van der Waals surface area contributed by atoms with E-state index in [0.29, 0.717) is 25.3 Å². The van der Waals surface area contributed by atoms with E-state index in [1.165, 1.54) is 7.11 Å². The summed E-state index contributed by atoms with van der Waals surface area (Å²) in [5.41, 5.74) is 0.485. The Kier molecular flexibility index (Phi) is 5.30. The minimum Gasteiger partial charge on any atom is -0.465 e. The lowest BCUT2D eigenvalue weighted by atomic mass is 10.2. The number of anilines is 1. The molecule has 24 heavy (non-hydrogen) atoms.